The van der Waals surface area contributed by atoms with E-state index in [0.717, 1.165) is 5.56 Å². The van der Waals surface area contributed by atoms with Gasteiger partial charge in [0.2, 0.25) is 0 Å². The normalized spacial score (nSPS) is 10.7. The molecule has 0 fully saturated rings. The maximum atomic E-state index is 11.5. The maximum absolute atomic E-state index is 11.5. The number of rotatable bonds is 6. The molecule has 0 saturated carbocycles. The number of carbonyl (C=O) groups is 1. The maximum Gasteiger partial charge on any atom is 0.356 e. The van der Waals surface area contributed by atoms with Crippen molar-refractivity contribution in [2.45, 2.75) is 25.9 Å². The third kappa shape index (κ3) is 4.66. The summed E-state index contributed by atoms with van der Waals surface area (Å²) in [6, 6.07) is 11.2. The Balaban J connectivity index is 2.42. The van der Waals surface area contributed by atoms with Crippen LogP contribution in [-0.4, -0.2) is 16.9 Å². The van der Waals surface area contributed by atoms with Crippen molar-refractivity contribution in [3.63, 3.8) is 0 Å². The molecule has 1 aromatic rings. The van der Waals surface area contributed by atoms with Gasteiger partial charge in [0.05, 0.1) is 6.07 Å². The Hall–Kier alpha value is -2.35. The van der Waals surface area contributed by atoms with Crippen LogP contribution in [-0.2, 0) is 16.1 Å². The average molecular weight is 246 g/mol. The van der Waals surface area contributed by atoms with Crippen molar-refractivity contribution in [3.05, 3.63) is 35.9 Å². The molecule has 0 bridgehead atoms. The first kappa shape index (κ1) is 13.7. The van der Waals surface area contributed by atoms with Gasteiger partial charge in [-0.25, -0.2) is 4.79 Å². The first-order valence-corrected chi connectivity index (χ1v) is 5.57. The molecule has 94 valence electrons. The summed E-state index contributed by atoms with van der Waals surface area (Å²) in [5.74, 6) is -0.653. The van der Waals surface area contributed by atoms with E-state index in [0.29, 0.717) is 12.8 Å². The van der Waals surface area contributed by atoms with Gasteiger partial charge in [-0.1, -0.05) is 35.5 Å². The Kier molecular flexibility index (Phi) is 5.98. The van der Waals surface area contributed by atoms with Crippen molar-refractivity contribution in [1.29, 1.82) is 5.26 Å². The number of nitriles is 1. The largest absolute Gasteiger partial charge is 0.456 e. The zero-order valence-electron chi connectivity index (χ0n) is 9.87. The Morgan fingerprint density at radius 2 is 2.11 bits per heavy atom. The van der Waals surface area contributed by atoms with Gasteiger partial charge in [-0.3, -0.25) is 0 Å². The number of benzene rings is 1. The van der Waals surface area contributed by atoms with E-state index in [1.165, 1.54) is 0 Å². The highest BCUT2D eigenvalue weighted by atomic mass is 16.5. The van der Waals surface area contributed by atoms with Crippen LogP contribution in [0, 0.1) is 11.3 Å². The fourth-order valence-corrected chi connectivity index (χ4v) is 1.33. The fraction of sp³-hybridized carbons (Fsp3) is 0.308. The summed E-state index contributed by atoms with van der Waals surface area (Å²) in [6.45, 7) is 0.136. The molecule has 0 unspecified atom stereocenters. The van der Waals surface area contributed by atoms with Crippen LogP contribution >= 0.6 is 0 Å². The Labute approximate surface area is 105 Å². The predicted molar refractivity (Wildman–Crippen MR) is 64.9 cm³/mol. The van der Waals surface area contributed by atoms with Gasteiger partial charge in [-0.15, -0.1) is 0 Å². The van der Waals surface area contributed by atoms with Crippen molar-refractivity contribution in [3.8, 4) is 6.07 Å². The molecular formula is C13H14N2O3. The molecule has 1 N–H and O–H groups in total. The van der Waals surface area contributed by atoms with Gasteiger partial charge in [0.25, 0.3) is 0 Å². The van der Waals surface area contributed by atoms with E-state index in [1.54, 1.807) is 0 Å². The zero-order chi connectivity index (χ0) is 13.2. The van der Waals surface area contributed by atoms with Gasteiger partial charge in [0, 0.05) is 12.8 Å². The van der Waals surface area contributed by atoms with Gasteiger partial charge in [-0.05, 0) is 12.0 Å². The molecule has 0 spiro atoms. The minimum absolute atomic E-state index is 0.0545. The molecule has 1 rings (SSSR count). The summed E-state index contributed by atoms with van der Waals surface area (Å²) < 4.78 is 5.00. The van der Waals surface area contributed by atoms with Crippen molar-refractivity contribution >= 4 is 11.7 Å². The summed E-state index contributed by atoms with van der Waals surface area (Å²) in [5.41, 5.74) is 0.807. The number of ether oxygens (including phenoxy) is 1. The van der Waals surface area contributed by atoms with Crippen LogP contribution in [0.25, 0.3) is 0 Å². The molecule has 0 aliphatic heterocycles. The minimum atomic E-state index is -0.653. The van der Waals surface area contributed by atoms with Crippen LogP contribution in [0.3, 0.4) is 0 Å². The smallest absolute Gasteiger partial charge is 0.356 e. The van der Waals surface area contributed by atoms with Crippen molar-refractivity contribution in [2.75, 3.05) is 0 Å². The molecule has 0 amide bonds. The summed E-state index contributed by atoms with van der Waals surface area (Å²) in [4.78, 5) is 11.5. The highest BCUT2D eigenvalue weighted by Gasteiger charge is 2.13. The van der Waals surface area contributed by atoms with Crippen LogP contribution in [0.4, 0.5) is 0 Å². The number of carbonyl (C=O) groups excluding carboxylic acids is 1. The van der Waals surface area contributed by atoms with E-state index in [2.05, 4.69) is 5.16 Å². The van der Waals surface area contributed by atoms with Crippen LogP contribution < -0.4 is 0 Å². The molecule has 1 aromatic carbocycles. The van der Waals surface area contributed by atoms with Gasteiger partial charge in [0.1, 0.15) is 6.61 Å². The SMILES string of the molecule is N#CCCC/C(=N\O)C(=O)OCc1ccccc1. The standard InChI is InChI=1S/C13H14N2O3/c14-9-5-4-8-12(15-17)13(16)18-10-11-6-2-1-3-7-11/h1-3,6-7,17H,4-5,8,10H2/b15-12+. The minimum Gasteiger partial charge on any atom is -0.456 e. The second-order valence-corrected chi connectivity index (χ2v) is 3.62. The zero-order valence-corrected chi connectivity index (χ0v) is 9.87. The molecule has 0 atom stereocenters. The topological polar surface area (TPSA) is 82.7 Å². The Bertz CT molecular complexity index is 449. The molecule has 0 saturated heterocycles. The number of hydrogen-bond acceptors (Lipinski definition) is 5. The second kappa shape index (κ2) is 7.85. The van der Waals surface area contributed by atoms with E-state index in [1.807, 2.05) is 36.4 Å². The van der Waals surface area contributed by atoms with E-state index in [4.69, 9.17) is 15.2 Å². The average Bonchev–Trinajstić information content (AvgIpc) is 2.42. The van der Waals surface area contributed by atoms with E-state index in [9.17, 15) is 4.79 Å². The van der Waals surface area contributed by atoms with E-state index >= 15 is 0 Å². The lowest BCUT2D eigenvalue weighted by Gasteiger charge is -2.05. The number of oxime groups is 1. The molecule has 0 aliphatic rings. The van der Waals surface area contributed by atoms with Gasteiger partial charge < -0.3 is 9.94 Å². The third-order valence-electron chi connectivity index (χ3n) is 2.27. The van der Waals surface area contributed by atoms with Gasteiger partial charge in [-0.2, -0.15) is 5.26 Å². The molecule has 0 radical (unpaired) electrons. The molecule has 0 aromatic heterocycles. The monoisotopic (exact) mass is 246 g/mol. The number of esters is 1. The van der Waals surface area contributed by atoms with Crippen molar-refractivity contribution in [2.24, 2.45) is 5.16 Å². The number of unbranched alkanes of at least 4 members (excludes halogenated alkanes) is 1. The highest BCUT2D eigenvalue weighted by Crippen LogP contribution is 2.04. The number of hydrogen-bond donors (Lipinski definition) is 1. The molecule has 18 heavy (non-hydrogen) atoms. The summed E-state index contributed by atoms with van der Waals surface area (Å²) in [7, 11) is 0. The Morgan fingerprint density at radius 1 is 1.39 bits per heavy atom. The second-order valence-electron chi connectivity index (χ2n) is 3.62. The first-order chi connectivity index (χ1) is 8.77. The summed E-state index contributed by atoms with van der Waals surface area (Å²) in [6.07, 6.45) is 1.01. The van der Waals surface area contributed by atoms with E-state index < -0.39 is 5.97 Å². The van der Waals surface area contributed by atoms with Gasteiger partial charge >= 0.3 is 5.97 Å². The van der Waals surface area contributed by atoms with E-state index in [-0.39, 0.29) is 18.7 Å². The molecule has 0 aliphatic carbocycles. The highest BCUT2D eigenvalue weighted by molar-refractivity contribution is 6.36. The predicted octanol–water partition coefficient (Wildman–Crippen LogP) is 2.25. The van der Waals surface area contributed by atoms with Crippen LogP contribution in [0.15, 0.2) is 35.5 Å². The Morgan fingerprint density at radius 3 is 2.72 bits per heavy atom. The third-order valence-corrected chi connectivity index (χ3v) is 2.27. The molecule has 5 heteroatoms. The number of nitrogens with zero attached hydrogens (tertiary/aromatic N) is 2. The lowest BCUT2D eigenvalue weighted by atomic mass is 10.2. The van der Waals surface area contributed by atoms with Gasteiger partial charge in [0.15, 0.2) is 5.71 Å². The van der Waals surface area contributed by atoms with Crippen molar-refractivity contribution in [1.82, 2.24) is 0 Å². The van der Waals surface area contributed by atoms with Crippen LogP contribution in [0.2, 0.25) is 0 Å². The quantitative estimate of drug-likeness (QED) is 0.274. The molecule has 0 heterocycles. The summed E-state index contributed by atoms with van der Waals surface area (Å²) in [5, 5.41) is 20.0. The lowest BCUT2D eigenvalue weighted by molar-refractivity contribution is -0.137. The lowest BCUT2D eigenvalue weighted by Crippen LogP contribution is -2.17. The molecule has 5 nitrogen and oxygen atoms in total. The van der Waals surface area contributed by atoms with Crippen LogP contribution in [0.5, 0.6) is 0 Å². The van der Waals surface area contributed by atoms with Crippen molar-refractivity contribution < 1.29 is 14.7 Å². The molecular weight excluding hydrogens is 232 g/mol. The fourth-order valence-electron chi connectivity index (χ4n) is 1.33. The summed E-state index contributed by atoms with van der Waals surface area (Å²) >= 11 is 0. The van der Waals surface area contributed by atoms with Crippen LogP contribution in [0.1, 0.15) is 24.8 Å². The first-order valence-electron chi connectivity index (χ1n) is 5.57.